The smallest absolute Gasteiger partial charge is 0.258 e. The van der Waals surface area contributed by atoms with Gasteiger partial charge in [0, 0.05) is 27.7 Å². The van der Waals surface area contributed by atoms with E-state index in [1.54, 1.807) is 36.1 Å². The molecule has 7 heteroatoms. The zero-order valence-corrected chi connectivity index (χ0v) is 18.1. The minimum Gasteiger partial charge on any atom is -0.497 e. The van der Waals surface area contributed by atoms with E-state index in [-0.39, 0.29) is 23.8 Å². The summed E-state index contributed by atoms with van der Waals surface area (Å²) in [6.45, 7) is 0.437. The highest BCUT2D eigenvalue weighted by atomic mass is 79.9. The lowest BCUT2D eigenvalue weighted by molar-refractivity contribution is -0.120. The number of ether oxygens (including phenoxy) is 1. The standard InChI is InChI=1S/C23H21BrN2O4/c1-30-18-7-2-15(3-8-18)11-25-12-21(24)19-9-6-17(10-20(19)23(25)29)26(14-27)13-22(28)16-4-5-16/h2-3,6-10,12,14,16H,4-5,11,13H2,1H3. The highest BCUT2D eigenvalue weighted by molar-refractivity contribution is 9.10. The third-order valence-corrected chi connectivity index (χ3v) is 5.98. The molecule has 1 aromatic heterocycles. The molecule has 1 aliphatic carbocycles. The zero-order chi connectivity index (χ0) is 21.3. The van der Waals surface area contributed by atoms with Crippen LogP contribution in [0.15, 0.2) is 57.9 Å². The van der Waals surface area contributed by atoms with Gasteiger partial charge >= 0.3 is 0 Å². The van der Waals surface area contributed by atoms with Crippen LogP contribution in [0, 0.1) is 5.92 Å². The number of nitrogens with zero attached hydrogens (tertiary/aromatic N) is 2. The fraction of sp³-hybridized carbons (Fsp3) is 0.261. The van der Waals surface area contributed by atoms with Gasteiger partial charge in [-0.3, -0.25) is 14.4 Å². The molecule has 0 bridgehead atoms. The summed E-state index contributed by atoms with van der Waals surface area (Å²) in [6, 6.07) is 12.8. The van der Waals surface area contributed by atoms with Gasteiger partial charge in [0.05, 0.1) is 25.6 Å². The second-order valence-corrected chi connectivity index (χ2v) is 8.32. The molecular formula is C23H21BrN2O4. The molecule has 1 amide bonds. The summed E-state index contributed by atoms with van der Waals surface area (Å²) in [5.41, 5.74) is 1.34. The number of hydrogen-bond donors (Lipinski definition) is 0. The van der Waals surface area contributed by atoms with Crippen molar-refractivity contribution in [2.75, 3.05) is 18.6 Å². The van der Waals surface area contributed by atoms with Gasteiger partial charge in [0.2, 0.25) is 6.41 Å². The normalized spacial score (nSPS) is 13.3. The molecule has 0 radical (unpaired) electrons. The number of benzene rings is 2. The molecule has 0 saturated heterocycles. The molecule has 30 heavy (non-hydrogen) atoms. The Labute approximate surface area is 182 Å². The first-order chi connectivity index (χ1) is 14.5. The number of methoxy groups -OCH3 is 1. The fourth-order valence-corrected chi connectivity index (χ4v) is 4.05. The van der Waals surface area contributed by atoms with E-state index in [1.165, 1.54) is 4.90 Å². The average molecular weight is 469 g/mol. The van der Waals surface area contributed by atoms with Crippen molar-refractivity contribution in [2.24, 2.45) is 5.92 Å². The molecule has 154 valence electrons. The summed E-state index contributed by atoms with van der Waals surface area (Å²) < 4.78 is 7.58. The first-order valence-electron chi connectivity index (χ1n) is 9.70. The van der Waals surface area contributed by atoms with E-state index in [0.717, 1.165) is 34.0 Å². The van der Waals surface area contributed by atoms with Crippen LogP contribution >= 0.6 is 15.9 Å². The summed E-state index contributed by atoms with van der Waals surface area (Å²) in [7, 11) is 1.61. The van der Waals surface area contributed by atoms with Crippen molar-refractivity contribution >= 4 is 44.6 Å². The van der Waals surface area contributed by atoms with E-state index in [1.807, 2.05) is 24.3 Å². The number of carbonyl (C=O) groups is 2. The van der Waals surface area contributed by atoms with Gasteiger partial charge in [0.25, 0.3) is 5.56 Å². The number of amides is 1. The molecule has 2 aromatic carbocycles. The minimum atomic E-state index is -0.162. The second-order valence-electron chi connectivity index (χ2n) is 7.46. The number of Topliss-reactive ketones (excluding diaryl/α,β-unsaturated/α-hetero) is 1. The Hall–Kier alpha value is -2.93. The predicted octanol–water partition coefficient (Wildman–Crippen LogP) is 3.76. The van der Waals surface area contributed by atoms with Crippen molar-refractivity contribution in [1.29, 1.82) is 0 Å². The van der Waals surface area contributed by atoms with Crippen LogP contribution in [0.4, 0.5) is 5.69 Å². The first-order valence-corrected chi connectivity index (χ1v) is 10.5. The number of anilines is 1. The van der Waals surface area contributed by atoms with Gasteiger partial charge in [-0.1, -0.05) is 18.2 Å². The maximum Gasteiger partial charge on any atom is 0.258 e. The lowest BCUT2D eigenvalue weighted by atomic mass is 10.1. The summed E-state index contributed by atoms with van der Waals surface area (Å²) in [6.07, 6.45) is 4.20. The van der Waals surface area contributed by atoms with Gasteiger partial charge in [0.1, 0.15) is 5.75 Å². The van der Waals surface area contributed by atoms with Crippen LogP contribution in [0.1, 0.15) is 18.4 Å². The molecule has 0 spiro atoms. The lowest BCUT2D eigenvalue weighted by Gasteiger charge is -2.18. The van der Waals surface area contributed by atoms with Gasteiger partial charge in [-0.15, -0.1) is 0 Å². The predicted molar refractivity (Wildman–Crippen MR) is 119 cm³/mol. The summed E-state index contributed by atoms with van der Waals surface area (Å²) >= 11 is 3.55. The van der Waals surface area contributed by atoms with Crippen LogP contribution in [0.2, 0.25) is 0 Å². The Morgan fingerprint density at radius 2 is 1.93 bits per heavy atom. The summed E-state index contributed by atoms with van der Waals surface area (Å²) in [5, 5.41) is 1.25. The molecule has 0 aliphatic heterocycles. The number of pyridine rings is 1. The van der Waals surface area contributed by atoms with Gasteiger partial charge in [0.15, 0.2) is 5.78 Å². The van der Waals surface area contributed by atoms with E-state index < -0.39 is 0 Å². The minimum absolute atomic E-state index is 0.0354. The van der Waals surface area contributed by atoms with Crippen molar-refractivity contribution < 1.29 is 14.3 Å². The van der Waals surface area contributed by atoms with E-state index >= 15 is 0 Å². The van der Waals surface area contributed by atoms with E-state index in [2.05, 4.69) is 15.9 Å². The molecular weight excluding hydrogens is 448 g/mol. The maximum absolute atomic E-state index is 13.2. The van der Waals surface area contributed by atoms with E-state index in [4.69, 9.17) is 4.74 Å². The Morgan fingerprint density at radius 3 is 2.57 bits per heavy atom. The van der Waals surface area contributed by atoms with Crippen molar-refractivity contribution in [1.82, 2.24) is 4.57 Å². The van der Waals surface area contributed by atoms with Crippen LogP contribution in [-0.2, 0) is 16.1 Å². The van der Waals surface area contributed by atoms with Gasteiger partial charge in [-0.25, -0.2) is 0 Å². The Balaban J connectivity index is 1.69. The Kier molecular flexibility index (Phi) is 5.72. The average Bonchev–Trinajstić information content (AvgIpc) is 3.61. The molecule has 6 nitrogen and oxygen atoms in total. The molecule has 1 heterocycles. The summed E-state index contributed by atoms with van der Waals surface area (Å²) in [5.74, 6) is 0.891. The topological polar surface area (TPSA) is 68.6 Å². The van der Waals surface area contributed by atoms with Gasteiger partial charge in [-0.05, 0) is 58.6 Å². The quantitative estimate of drug-likeness (QED) is 0.472. The number of fused-ring (bicyclic) bond motifs is 1. The van der Waals surface area contributed by atoms with E-state index in [0.29, 0.717) is 24.0 Å². The van der Waals surface area contributed by atoms with Crippen LogP contribution < -0.4 is 15.2 Å². The molecule has 3 aromatic rings. The summed E-state index contributed by atoms with van der Waals surface area (Å²) in [4.78, 5) is 38.3. The number of hydrogen-bond acceptors (Lipinski definition) is 4. The fourth-order valence-electron chi connectivity index (χ4n) is 3.45. The molecule has 1 fully saturated rings. The van der Waals surface area contributed by atoms with E-state index in [9.17, 15) is 14.4 Å². The SMILES string of the molecule is COc1ccc(Cn2cc(Br)c3ccc(N(C=O)CC(=O)C4CC4)cc3c2=O)cc1. The van der Waals surface area contributed by atoms with Crippen molar-refractivity contribution in [3.8, 4) is 5.75 Å². The number of carbonyl (C=O) groups excluding carboxylic acids is 2. The van der Waals surface area contributed by atoms with Crippen LogP contribution in [0.3, 0.4) is 0 Å². The zero-order valence-electron chi connectivity index (χ0n) is 16.5. The highest BCUT2D eigenvalue weighted by Gasteiger charge is 2.30. The van der Waals surface area contributed by atoms with Crippen LogP contribution in [0.25, 0.3) is 10.8 Å². The number of rotatable bonds is 8. The Bertz CT molecular complexity index is 1170. The number of aromatic nitrogens is 1. The largest absolute Gasteiger partial charge is 0.497 e. The van der Waals surface area contributed by atoms with Gasteiger partial charge < -0.3 is 14.2 Å². The highest BCUT2D eigenvalue weighted by Crippen LogP contribution is 2.31. The van der Waals surface area contributed by atoms with Gasteiger partial charge in [-0.2, -0.15) is 0 Å². The third-order valence-electron chi connectivity index (χ3n) is 5.35. The van der Waals surface area contributed by atoms with Crippen LogP contribution in [-0.4, -0.2) is 30.4 Å². The van der Waals surface area contributed by atoms with Crippen molar-refractivity contribution in [3.63, 3.8) is 0 Å². The van der Waals surface area contributed by atoms with Crippen molar-refractivity contribution in [2.45, 2.75) is 19.4 Å². The Morgan fingerprint density at radius 1 is 1.20 bits per heavy atom. The number of halogens is 1. The maximum atomic E-state index is 13.2. The molecule has 0 unspecified atom stereocenters. The number of ketones is 1. The van der Waals surface area contributed by atoms with Crippen molar-refractivity contribution in [3.05, 3.63) is 69.1 Å². The molecule has 0 N–H and O–H groups in total. The third kappa shape index (κ3) is 4.16. The molecule has 4 rings (SSSR count). The van der Waals surface area contributed by atoms with Crippen LogP contribution in [0.5, 0.6) is 5.75 Å². The monoisotopic (exact) mass is 468 g/mol. The molecule has 1 aliphatic rings. The molecule has 0 atom stereocenters. The molecule has 1 saturated carbocycles. The first kappa shape index (κ1) is 20.3. The lowest BCUT2D eigenvalue weighted by Crippen LogP contribution is -2.29. The second kappa shape index (κ2) is 8.44.